The minimum Gasteiger partial charge on any atom is -0.447 e. The second kappa shape index (κ2) is 15.0. The Bertz CT molecular complexity index is 1030. The Morgan fingerprint density at radius 1 is 1.05 bits per heavy atom. The maximum atomic E-state index is 13.1. The monoisotopic (exact) mass is 529 g/mol. The third-order valence-electron chi connectivity index (χ3n) is 7.04. The van der Waals surface area contributed by atoms with Crippen molar-refractivity contribution in [3.63, 3.8) is 0 Å². The lowest BCUT2D eigenvalue weighted by atomic mass is 9.85. The summed E-state index contributed by atoms with van der Waals surface area (Å²) < 4.78 is 11.3. The number of benzene rings is 2. The largest absolute Gasteiger partial charge is 0.447 e. The van der Waals surface area contributed by atoms with Crippen molar-refractivity contribution in [3.05, 3.63) is 69.7 Å². The first-order chi connectivity index (χ1) is 17.9. The molecule has 1 unspecified atom stereocenters. The highest BCUT2D eigenvalue weighted by Crippen LogP contribution is 2.31. The van der Waals surface area contributed by atoms with Crippen LogP contribution in [0.5, 0.6) is 0 Å². The SMILES string of the molecule is CNC(=O)OCCOC(c1cccc(Cl)c1)c1cc(C(=O)NC[C@H](CC2CCCCC2)NC)ccc1C. The van der Waals surface area contributed by atoms with Crippen molar-refractivity contribution in [2.24, 2.45) is 5.92 Å². The maximum absolute atomic E-state index is 13.1. The molecule has 0 aromatic heterocycles. The van der Waals surface area contributed by atoms with Gasteiger partial charge in [0.15, 0.2) is 0 Å². The number of nitrogens with one attached hydrogen (secondary N) is 3. The van der Waals surface area contributed by atoms with Gasteiger partial charge in [0.25, 0.3) is 5.91 Å². The Labute approximate surface area is 225 Å². The predicted octanol–water partition coefficient (Wildman–Crippen LogP) is 5.40. The third-order valence-corrected chi connectivity index (χ3v) is 7.28. The molecule has 202 valence electrons. The van der Waals surface area contributed by atoms with Crippen molar-refractivity contribution >= 4 is 23.6 Å². The van der Waals surface area contributed by atoms with Gasteiger partial charge in [0.05, 0.1) is 6.61 Å². The molecule has 2 aromatic carbocycles. The van der Waals surface area contributed by atoms with Gasteiger partial charge < -0.3 is 25.4 Å². The molecule has 0 spiro atoms. The molecule has 0 heterocycles. The van der Waals surface area contributed by atoms with Crippen LogP contribution in [0.3, 0.4) is 0 Å². The van der Waals surface area contributed by atoms with Gasteiger partial charge in [0.2, 0.25) is 0 Å². The molecular weight excluding hydrogens is 490 g/mol. The van der Waals surface area contributed by atoms with Crippen LogP contribution in [0.2, 0.25) is 5.02 Å². The Balaban J connectivity index is 1.72. The molecule has 2 amide bonds. The molecule has 1 saturated carbocycles. The standard InChI is InChI=1S/C29H40ClN3O4/c1-20-12-13-23(28(34)33-19-25(31-2)16-21-8-5-4-6-9-21)18-26(20)27(22-10-7-11-24(30)17-22)36-14-15-37-29(35)32-3/h7,10-13,17-18,21,25,27,31H,4-6,8-9,14-16,19H2,1-3H3,(H,32,35)(H,33,34)/t25-,27?/m0/s1. The molecule has 0 bridgehead atoms. The number of carbonyl (C=O) groups is 2. The highest BCUT2D eigenvalue weighted by Gasteiger charge is 2.21. The normalized spacial score (nSPS) is 15.6. The van der Waals surface area contributed by atoms with Gasteiger partial charge >= 0.3 is 6.09 Å². The van der Waals surface area contributed by atoms with E-state index >= 15 is 0 Å². The second-order valence-electron chi connectivity index (χ2n) is 9.70. The molecule has 1 aliphatic carbocycles. The molecule has 37 heavy (non-hydrogen) atoms. The Kier molecular flexibility index (Phi) is 11.7. The van der Waals surface area contributed by atoms with Crippen molar-refractivity contribution < 1.29 is 19.1 Å². The van der Waals surface area contributed by atoms with Crippen LogP contribution < -0.4 is 16.0 Å². The highest BCUT2D eigenvalue weighted by atomic mass is 35.5. The quantitative estimate of drug-likeness (QED) is 0.320. The molecule has 3 N–H and O–H groups in total. The topological polar surface area (TPSA) is 88.7 Å². The summed E-state index contributed by atoms with van der Waals surface area (Å²) in [5.41, 5.74) is 3.28. The lowest BCUT2D eigenvalue weighted by Crippen LogP contribution is -2.40. The van der Waals surface area contributed by atoms with Crippen LogP contribution in [-0.4, -0.2) is 51.9 Å². The van der Waals surface area contributed by atoms with E-state index in [4.69, 9.17) is 21.1 Å². The molecule has 2 aromatic rings. The molecule has 1 aliphatic rings. The third kappa shape index (κ3) is 9.02. The fourth-order valence-corrected chi connectivity index (χ4v) is 5.12. The average molecular weight is 530 g/mol. The van der Waals surface area contributed by atoms with Crippen molar-refractivity contribution in [1.29, 1.82) is 0 Å². The van der Waals surface area contributed by atoms with Gasteiger partial charge in [-0.3, -0.25) is 4.79 Å². The van der Waals surface area contributed by atoms with Crippen molar-refractivity contribution in [1.82, 2.24) is 16.0 Å². The zero-order chi connectivity index (χ0) is 26.6. The van der Waals surface area contributed by atoms with Gasteiger partial charge in [-0.1, -0.05) is 61.9 Å². The smallest absolute Gasteiger partial charge is 0.406 e. The van der Waals surface area contributed by atoms with Crippen LogP contribution in [0.25, 0.3) is 0 Å². The van der Waals surface area contributed by atoms with E-state index < -0.39 is 12.2 Å². The van der Waals surface area contributed by atoms with E-state index in [-0.39, 0.29) is 25.2 Å². The molecule has 0 saturated heterocycles. The number of likely N-dealkylation sites (N-methyl/N-ethyl adjacent to an activating group) is 1. The van der Waals surface area contributed by atoms with Gasteiger partial charge in [0, 0.05) is 30.2 Å². The Morgan fingerprint density at radius 2 is 1.84 bits per heavy atom. The summed E-state index contributed by atoms with van der Waals surface area (Å²) in [6.45, 7) is 2.86. The van der Waals surface area contributed by atoms with Crippen molar-refractivity contribution in [2.45, 2.75) is 57.6 Å². The number of halogens is 1. The number of alkyl carbamates (subject to hydrolysis) is 1. The number of hydrogen-bond acceptors (Lipinski definition) is 5. The lowest BCUT2D eigenvalue weighted by Gasteiger charge is -2.26. The zero-order valence-electron chi connectivity index (χ0n) is 22.1. The highest BCUT2D eigenvalue weighted by molar-refractivity contribution is 6.30. The number of aryl methyl sites for hydroxylation is 1. The predicted molar refractivity (Wildman–Crippen MR) is 147 cm³/mol. The summed E-state index contributed by atoms with van der Waals surface area (Å²) in [6.07, 6.45) is 6.63. The van der Waals surface area contributed by atoms with Crippen LogP contribution in [0.1, 0.15) is 71.7 Å². The minimum absolute atomic E-state index is 0.0996. The molecular formula is C29H40ClN3O4. The number of carbonyl (C=O) groups excluding carboxylic acids is 2. The van der Waals surface area contributed by atoms with Gasteiger partial charge in [-0.15, -0.1) is 0 Å². The Hall–Kier alpha value is -2.61. The number of hydrogen-bond donors (Lipinski definition) is 3. The van der Waals surface area contributed by atoms with E-state index in [1.807, 2.05) is 50.4 Å². The van der Waals surface area contributed by atoms with E-state index in [0.717, 1.165) is 29.0 Å². The van der Waals surface area contributed by atoms with Crippen LogP contribution in [-0.2, 0) is 9.47 Å². The summed E-state index contributed by atoms with van der Waals surface area (Å²) >= 11 is 6.27. The summed E-state index contributed by atoms with van der Waals surface area (Å²) in [6, 6.07) is 13.4. The molecule has 2 atom stereocenters. The number of amides is 2. The summed E-state index contributed by atoms with van der Waals surface area (Å²) in [7, 11) is 3.47. The Morgan fingerprint density at radius 3 is 2.54 bits per heavy atom. The van der Waals surface area contributed by atoms with Gasteiger partial charge in [-0.05, 0) is 67.3 Å². The fourth-order valence-electron chi connectivity index (χ4n) is 4.92. The first-order valence-corrected chi connectivity index (χ1v) is 13.6. The lowest BCUT2D eigenvalue weighted by molar-refractivity contribution is 0.0402. The summed E-state index contributed by atoms with van der Waals surface area (Å²) in [5, 5.41) is 9.50. The number of rotatable bonds is 12. The molecule has 0 radical (unpaired) electrons. The van der Waals surface area contributed by atoms with E-state index in [2.05, 4.69) is 16.0 Å². The summed E-state index contributed by atoms with van der Waals surface area (Å²) in [4.78, 5) is 24.5. The van der Waals surface area contributed by atoms with Gasteiger partial charge in [0.1, 0.15) is 12.7 Å². The second-order valence-corrected chi connectivity index (χ2v) is 10.1. The van der Waals surface area contributed by atoms with Crippen molar-refractivity contribution in [2.75, 3.05) is 33.9 Å². The van der Waals surface area contributed by atoms with E-state index in [1.54, 1.807) is 6.07 Å². The summed E-state index contributed by atoms with van der Waals surface area (Å²) in [5.74, 6) is 0.620. The van der Waals surface area contributed by atoms with Crippen LogP contribution >= 0.6 is 11.6 Å². The molecule has 1 fully saturated rings. The number of ether oxygens (including phenoxy) is 2. The fraction of sp³-hybridized carbons (Fsp3) is 0.517. The van der Waals surface area contributed by atoms with E-state index in [0.29, 0.717) is 17.1 Å². The van der Waals surface area contributed by atoms with Gasteiger partial charge in [-0.2, -0.15) is 0 Å². The minimum atomic E-state index is -0.513. The molecule has 7 nitrogen and oxygen atoms in total. The van der Waals surface area contributed by atoms with E-state index in [9.17, 15) is 9.59 Å². The maximum Gasteiger partial charge on any atom is 0.406 e. The van der Waals surface area contributed by atoms with Crippen LogP contribution in [0.4, 0.5) is 4.79 Å². The zero-order valence-corrected chi connectivity index (χ0v) is 22.9. The first kappa shape index (κ1) is 29.0. The average Bonchev–Trinajstić information content (AvgIpc) is 2.91. The van der Waals surface area contributed by atoms with E-state index in [1.165, 1.54) is 39.2 Å². The molecule has 0 aliphatic heterocycles. The first-order valence-electron chi connectivity index (χ1n) is 13.2. The van der Waals surface area contributed by atoms with Crippen LogP contribution in [0.15, 0.2) is 42.5 Å². The molecule has 3 rings (SSSR count). The van der Waals surface area contributed by atoms with Gasteiger partial charge in [-0.25, -0.2) is 4.79 Å². The molecule has 8 heteroatoms. The van der Waals surface area contributed by atoms with Crippen LogP contribution in [0, 0.1) is 12.8 Å². The van der Waals surface area contributed by atoms with Crippen molar-refractivity contribution in [3.8, 4) is 0 Å².